The molecule has 0 spiro atoms. The molecule has 1 aromatic heterocycles. The number of hydrogen-bond acceptors (Lipinski definition) is 4. The molecule has 0 saturated carbocycles. The van der Waals surface area contributed by atoms with Crippen LogP contribution in [0, 0.1) is 5.92 Å². The first-order valence-corrected chi connectivity index (χ1v) is 4.82. The van der Waals surface area contributed by atoms with Gasteiger partial charge in [-0.1, -0.05) is 0 Å². The monoisotopic (exact) mass is 221 g/mol. The molecular weight excluding hydrogens is 210 g/mol. The predicted molar refractivity (Wildman–Crippen MR) is 55.7 cm³/mol. The normalized spacial score (nSPS) is 15.6. The van der Waals surface area contributed by atoms with Crippen molar-refractivity contribution in [2.75, 3.05) is 18.8 Å². The summed E-state index contributed by atoms with van der Waals surface area (Å²) in [7, 11) is 0. The first-order chi connectivity index (χ1) is 7.59. The minimum absolute atomic E-state index is 0.186. The number of aliphatic carboxylic acids is 1. The summed E-state index contributed by atoms with van der Waals surface area (Å²) in [4.78, 5) is 27.7. The third kappa shape index (κ3) is 1.69. The molecule has 0 unspecified atom stereocenters. The number of aromatic nitrogens is 1. The molecular formula is C10H11N3O3. The Morgan fingerprint density at radius 1 is 1.50 bits per heavy atom. The van der Waals surface area contributed by atoms with Crippen LogP contribution in [-0.2, 0) is 4.79 Å². The van der Waals surface area contributed by atoms with Gasteiger partial charge in [-0.15, -0.1) is 0 Å². The Labute approximate surface area is 91.7 Å². The summed E-state index contributed by atoms with van der Waals surface area (Å²) in [6, 6.07) is 3.23. The van der Waals surface area contributed by atoms with Gasteiger partial charge < -0.3 is 15.7 Å². The Hall–Kier alpha value is -2.11. The second kappa shape index (κ2) is 3.80. The average molecular weight is 221 g/mol. The number of pyridine rings is 1. The number of hydrogen-bond donors (Lipinski definition) is 2. The van der Waals surface area contributed by atoms with Crippen LogP contribution in [0.25, 0.3) is 0 Å². The molecule has 1 aliphatic rings. The van der Waals surface area contributed by atoms with Crippen LogP contribution in [0.15, 0.2) is 18.3 Å². The lowest BCUT2D eigenvalue weighted by molar-refractivity contribution is -0.146. The van der Waals surface area contributed by atoms with Crippen LogP contribution < -0.4 is 5.73 Å². The third-order valence-electron chi connectivity index (χ3n) is 2.56. The van der Waals surface area contributed by atoms with Crippen LogP contribution in [0.5, 0.6) is 0 Å². The highest BCUT2D eigenvalue weighted by atomic mass is 16.4. The lowest BCUT2D eigenvalue weighted by atomic mass is 10.00. The zero-order chi connectivity index (χ0) is 11.7. The SMILES string of the molecule is Nc1cccnc1C(=O)N1CC(C(=O)O)C1. The van der Waals surface area contributed by atoms with E-state index >= 15 is 0 Å². The number of likely N-dealkylation sites (tertiary alicyclic amines) is 1. The van der Waals surface area contributed by atoms with Gasteiger partial charge in [-0.2, -0.15) is 0 Å². The first kappa shape index (κ1) is 10.4. The Kier molecular flexibility index (Phi) is 2.47. The first-order valence-electron chi connectivity index (χ1n) is 4.82. The van der Waals surface area contributed by atoms with Crippen molar-refractivity contribution in [2.45, 2.75) is 0 Å². The Morgan fingerprint density at radius 3 is 2.75 bits per heavy atom. The number of carbonyl (C=O) groups is 2. The van der Waals surface area contributed by atoms with E-state index in [9.17, 15) is 9.59 Å². The summed E-state index contributed by atoms with van der Waals surface area (Å²) < 4.78 is 0. The average Bonchev–Trinajstić information content (AvgIpc) is 2.15. The van der Waals surface area contributed by atoms with Crippen molar-refractivity contribution in [2.24, 2.45) is 5.92 Å². The van der Waals surface area contributed by atoms with Crippen molar-refractivity contribution in [3.8, 4) is 0 Å². The van der Waals surface area contributed by atoms with E-state index in [0.29, 0.717) is 5.69 Å². The van der Waals surface area contributed by atoms with Crippen LogP contribution in [0.4, 0.5) is 5.69 Å². The fourth-order valence-electron chi connectivity index (χ4n) is 1.55. The Balaban J connectivity index is 2.06. The second-order valence-corrected chi connectivity index (χ2v) is 3.69. The molecule has 0 atom stereocenters. The molecule has 0 radical (unpaired) electrons. The van der Waals surface area contributed by atoms with Crippen LogP contribution >= 0.6 is 0 Å². The molecule has 6 nitrogen and oxygen atoms in total. The van der Waals surface area contributed by atoms with Crippen LogP contribution in [0.2, 0.25) is 0 Å². The van der Waals surface area contributed by atoms with Gasteiger partial charge in [-0.3, -0.25) is 9.59 Å². The fourth-order valence-corrected chi connectivity index (χ4v) is 1.55. The maximum atomic E-state index is 11.8. The number of nitrogens with two attached hydrogens (primary N) is 1. The molecule has 1 fully saturated rings. The summed E-state index contributed by atoms with van der Waals surface area (Å²) in [5.41, 5.74) is 6.10. The zero-order valence-electron chi connectivity index (χ0n) is 8.46. The molecule has 1 aromatic rings. The number of carboxylic acids is 1. The quantitative estimate of drug-likeness (QED) is 0.722. The van der Waals surface area contributed by atoms with E-state index in [4.69, 9.17) is 10.8 Å². The van der Waals surface area contributed by atoms with E-state index < -0.39 is 11.9 Å². The minimum atomic E-state index is -0.877. The van der Waals surface area contributed by atoms with Gasteiger partial charge in [0.2, 0.25) is 0 Å². The van der Waals surface area contributed by atoms with Crippen molar-refractivity contribution >= 4 is 17.6 Å². The summed E-state index contributed by atoms with van der Waals surface area (Å²) in [6.07, 6.45) is 1.48. The maximum absolute atomic E-state index is 11.8. The Morgan fingerprint density at radius 2 is 2.19 bits per heavy atom. The van der Waals surface area contributed by atoms with E-state index in [2.05, 4.69) is 4.98 Å². The highest BCUT2D eigenvalue weighted by Crippen LogP contribution is 2.20. The van der Waals surface area contributed by atoms with E-state index in [-0.39, 0.29) is 24.7 Å². The summed E-state index contributed by atoms with van der Waals surface area (Å²) in [5.74, 6) is -1.65. The van der Waals surface area contributed by atoms with Crippen LogP contribution in [0.1, 0.15) is 10.5 Å². The van der Waals surface area contributed by atoms with Crippen molar-refractivity contribution in [3.05, 3.63) is 24.0 Å². The van der Waals surface area contributed by atoms with E-state index in [1.165, 1.54) is 11.1 Å². The van der Waals surface area contributed by atoms with E-state index in [1.807, 2.05) is 0 Å². The topological polar surface area (TPSA) is 96.5 Å². The molecule has 1 aliphatic heterocycles. The van der Waals surface area contributed by atoms with Crippen molar-refractivity contribution < 1.29 is 14.7 Å². The summed E-state index contributed by atoms with van der Waals surface area (Å²) >= 11 is 0. The number of rotatable bonds is 2. The van der Waals surface area contributed by atoms with Gasteiger partial charge in [0.05, 0.1) is 11.6 Å². The fraction of sp³-hybridized carbons (Fsp3) is 0.300. The van der Waals surface area contributed by atoms with Gasteiger partial charge in [0.1, 0.15) is 0 Å². The molecule has 2 rings (SSSR count). The van der Waals surface area contributed by atoms with Gasteiger partial charge >= 0.3 is 5.97 Å². The van der Waals surface area contributed by atoms with Gasteiger partial charge in [-0.05, 0) is 12.1 Å². The molecule has 6 heteroatoms. The Bertz CT molecular complexity index is 441. The molecule has 1 amide bonds. The molecule has 0 aliphatic carbocycles. The minimum Gasteiger partial charge on any atom is -0.481 e. The van der Waals surface area contributed by atoms with Gasteiger partial charge in [0.15, 0.2) is 5.69 Å². The molecule has 1 saturated heterocycles. The van der Waals surface area contributed by atoms with Crippen molar-refractivity contribution in [1.29, 1.82) is 0 Å². The van der Waals surface area contributed by atoms with E-state index in [1.54, 1.807) is 12.1 Å². The van der Waals surface area contributed by atoms with Gasteiger partial charge in [0, 0.05) is 19.3 Å². The number of anilines is 1. The van der Waals surface area contributed by atoms with E-state index in [0.717, 1.165) is 0 Å². The highest BCUT2D eigenvalue weighted by Gasteiger charge is 2.36. The lowest BCUT2D eigenvalue weighted by Crippen LogP contribution is -2.53. The molecule has 3 N–H and O–H groups in total. The smallest absolute Gasteiger partial charge is 0.310 e. The summed E-state index contributed by atoms with van der Waals surface area (Å²) in [6.45, 7) is 0.453. The van der Waals surface area contributed by atoms with Gasteiger partial charge in [-0.25, -0.2) is 4.98 Å². The van der Waals surface area contributed by atoms with Gasteiger partial charge in [0.25, 0.3) is 5.91 Å². The summed E-state index contributed by atoms with van der Waals surface area (Å²) in [5, 5.41) is 8.68. The molecule has 84 valence electrons. The molecule has 2 heterocycles. The zero-order valence-corrected chi connectivity index (χ0v) is 8.46. The van der Waals surface area contributed by atoms with Crippen molar-refractivity contribution in [1.82, 2.24) is 9.88 Å². The second-order valence-electron chi connectivity index (χ2n) is 3.69. The number of nitrogen functional groups attached to an aromatic ring is 1. The molecule has 16 heavy (non-hydrogen) atoms. The highest BCUT2D eigenvalue weighted by molar-refractivity contribution is 5.98. The largest absolute Gasteiger partial charge is 0.481 e. The van der Waals surface area contributed by atoms with Crippen molar-refractivity contribution in [3.63, 3.8) is 0 Å². The van der Waals surface area contributed by atoms with Crippen LogP contribution in [-0.4, -0.2) is 40.0 Å². The maximum Gasteiger partial charge on any atom is 0.310 e. The van der Waals surface area contributed by atoms with Crippen LogP contribution in [0.3, 0.4) is 0 Å². The standard InChI is InChI=1S/C10H11N3O3/c11-7-2-1-3-12-8(7)9(14)13-4-6(5-13)10(15)16/h1-3,6H,4-5,11H2,(H,15,16). The lowest BCUT2D eigenvalue weighted by Gasteiger charge is -2.36. The number of nitrogens with zero attached hydrogens (tertiary/aromatic N) is 2. The number of carbonyl (C=O) groups excluding carboxylic acids is 1. The number of carboxylic acid groups (broad SMARTS) is 1. The predicted octanol–water partition coefficient (Wildman–Crippen LogP) is -0.180. The number of amides is 1. The third-order valence-corrected chi connectivity index (χ3v) is 2.56. The molecule has 0 bridgehead atoms. The molecule has 0 aromatic carbocycles.